The Kier molecular flexibility index (Phi) is 4.09. The molecule has 2 aromatic rings. The summed E-state index contributed by atoms with van der Waals surface area (Å²) in [4.78, 5) is 30.7. The van der Waals surface area contributed by atoms with E-state index in [-0.39, 0.29) is 24.5 Å². The summed E-state index contributed by atoms with van der Waals surface area (Å²) < 4.78 is 5.36. The third-order valence-electron chi connectivity index (χ3n) is 4.69. The minimum atomic E-state index is -0.205. The second kappa shape index (κ2) is 6.55. The average molecular weight is 337 g/mol. The number of pyridine rings is 1. The third-order valence-corrected chi connectivity index (χ3v) is 4.69. The van der Waals surface area contributed by atoms with E-state index in [0.717, 1.165) is 31.4 Å². The molecule has 0 unspecified atom stereocenters. The van der Waals surface area contributed by atoms with Gasteiger partial charge in [-0.05, 0) is 49.1 Å². The van der Waals surface area contributed by atoms with Gasteiger partial charge in [-0.25, -0.2) is 0 Å². The van der Waals surface area contributed by atoms with E-state index < -0.39 is 0 Å². The van der Waals surface area contributed by atoms with Crippen LogP contribution in [-0.4, -0.2) is 34.8 Å². The number of anilines is 1. The SMILES string of the molecule is O=C1COc2ccc(C(=O)N3CCCC[C@H]3c3cccnc3)cc2N1. The summed E-state index contributed by atoms with van der Waals surface area (Å²) in [5, 5.41) is 2.76. The molecule has 128 valence electrons. The quantitative estimate of drug-likeness (QED) is 0.915. The highest BCUT2D eigenvalue weighted by molar-refractivity contribution is 6.00. The number of hydrogen-bond donors (Lipinski definition) is 1. The van der Waals surface area contributed by atoms with Crippen molar-refractivity contribution in [1.82, 2.24) is 9.88 Å². The smallest absolute Gasteiger partial charge is 0.262 e. The van der Waals surface area contributed by atoms with Crippen LogP contribution in [0.25, 0.3) is 0 Å². The van der Waals surface area contributed by atoms with E-state index in [2.05, 4.69) is 10.3 Å². The minimum absolute atomic E-state index is 0.00942. The number of hydrogen-bond acceptors (Lipinski definition) is 4. The van der Waals surface area contributed by atoms with E-state index in [0.29, 0.717) is 17.0 Å². The Morgan fingerprint density at radius 3 is 3.04 bits per heavy atom. The Labute approximate surface area is 145 Å². The molecule has 1 N–H and O–H groups in total. The van der Waals surface area contributed by atoms with Gasteiger partial charge in [0, 0.05) is 24.5 Å². The third kappa shape index (κ3) is 3.07. The first-order chi connectivity index (χ1) is 12.2. The van der Waals surface area contributed by atoms with Gasteiger partial charge in [-0.15, -0.1) is 0 Å². The Morgan fingerprint density at radius 2 is 2.20 bits per heavy atom. The van der Waals surface area contributed by atoms with Gasteiger partial charge < -0.3 is 15.0 Å². The lowest BCUT2D eigenvalue weighted by molar-refractivity contribution is -0.118. The van der Waals surface area contributed by atoms with Gasteiger partial charge in [0.25, 0.3) is 11.8 Å². The molecule has 6 nitrogen and oxygen atoms in total. The van der Waals surface area contributed by atoms with Gasteiger partial charge in [-0.2, -0.15) is 0 Å². The van der Waals surface area contributed by atoms with E-state index in [1.54, 1.807) is 24.4 Å². The van der Waals surface area contributed by atoms with Gasteiger partial charge in [-0.1, -0.05) is 6.07 Å². The standard InChI is InChI=1S/C19H19N3O3/c23-18-12-25-17-7-6-13(10-15(17)21-18)19(24)22-9-2-1-5-16(22)14-4-3-8-20-11-14/h3-4,6-8,10-11,16H,1-2,5,9,12H2,(H,21,23)/t16-/m0/s1. The molecule has 1 aromatic heterocycles. The fourth-order valence-corrected chi connectivity index (χ4v) is 3.48. The number of fused-ring (bicyclic) bond motifs is 1. The van der Waals surface area contributed by atoms with Crippen molar-refractivity contribution >= 4 is 17.5 Å². The van der Waals surface area contributed by atoms with Gasteiger partial charge in [0.2, 0.25) is 0 Å². The van der Waals surface area contributed by atoms with Crippen LogP contribution in [0.5, 0.6) is 5.75 Å². The molecule has 0 bridgehead atoms. The summed E-state index contributed by atoms with van der Waals surface area (Å²) in [5.74, 6) is 0.359. The zero-order valence-electron chi connectivity index (χ0n) is 13.8. The highest BCUT2D eigenvalue weighted by atomic mass is 16.5. The second-order valence-electron chi connectivity index (χ2n) is 6.34. The Balaban J connectivity index is 1.63. The first kappa shape index (κ1) is 15.6. The molecule has 25 heavy (non-hydrogen) atoms. The number of carbonyl (C=O) groups excluding carboxylic acids is 2. The normalized spacial score (nSPS) is 19.6. The van der Waals surface area contributed by atoms with Crippen LogP contribution in [0.2, 0.25) is 0 Å². The summed E-state index contributed by atoms with van der Waals surface area (Å²) in [6.45, 7) is 0.730. The number of likely N-dealkylation sites (tertiary alicyclic amines) is 1. The van der Waals surface area contributed by atoms with Crippen molar-refractivity contribution in [3.8, 4) is 5.75 Å². The molecule has 2 amide bonds. The molecule has 0 aliphatic carbocycles. The van der Waals surface area contributed by atoms with E-state index >= 15 is 0 Å². The van der Waals surface area contributed by atoms with Crippen LogP contribution in [0.1, 0.15) is 41.2 Å². The van der Waals surface area contributed by atoms with Crippen molar-refractivity contribution in [3.05, 3.63) is 53.9 Å². The summed E-state index contributed by atoms with van der Waals surface area (Å²) in [6.07, 6.45) is 6.59. The highest BCUT2D eigenvalue weighted by Gasteiger charge is 2.29. The summed E-state index contributed by atoms with van der Waals surface area (Å²) in [7, 11) is 0. The van der Waals surface area contributed by atoms with Crippen molar-refractivity contribution in [2.45, 2.75) is 25.3 Å². The number of carbonyl (C=O) groups is 2. The number of benzene rings is 1. The fraction of sp³-hybridized carbons (Fsp3) is 0.316. The average Bonchev–Trinajstić information content (AvgIpc) is 2.67. The molecule has 0 spiro atoms. The monoisotopic (exact) mass is 337 g/mol. The maximum absolute atomic E-state index is 13.1. The lowest BCUT2D eigenvalue weighted by Gasteiger charge is -2.36. The minimum Gasteiger partial charge on any atom is -0.482 e. The topological polar surface area (TPSA) is 71.5 Å². The van der Waals surface area contributed by atoms with Crippen LogP contribution in [0.4, 0.5) is 5.69 Å². The van der Waals surface area contributed by atoms with Crippen LogP contribution in [0, 0.1) is 0 Å². The highest BCUT2D eigenvalue weighted by Crippen LogP contribution is 2.34. The lowest BCUT2D eigenvalue weighted by Crippen LogP contribution is -2.38. The molecule has 2 aliphatic rings. The zero-order chi connectivity index (χ0) is 17.2. The summed E-state index contributed by atoms with van der Waals surface area (Å²) in [6, 6.07) is 9.15. The largest absolute Gasteiger partial charge is 0.482 e. The number of rotatable bonds is 2. The van der Waals surface area contributed by atoms with Gasteiger partial charge in [0.05, 0.1) is 11.7 Å². The van der Waals surface area contributed by atoms with Crippen LogP contribution in [-0.2, 0) is 4.79 Å². The Morgan fingerprint density at radius 1 is 1.28 bits per heavy atom. The summed E-state index contributed by atoms with van der Waals surface area (Å²) in [5.41, 5.74) is 2.17. The number of amides is 2. The van der Waals surface area contributed by atoms with Gasteiger partial charge in [-0.3, -0.25) is 14.6 Å². The fourth-order valence-electron chi connectivity index (χ4n) is 3.48. The van der Waals surface area contributed by atoms with E-state index in [9.17, 15) is 9.59 Å². The molecular weight excluding hydrogens is 318 g/mol. The van der Waals surface area contributed by atoms with E-state index in [1.165, 1.54) is 0 Å². The van der Waals surface area contributed by atoms with E-state index in [4.69, 9.17) is 4.74 Å². The molecule has 3 heterocycles. The van der Waals surface area contributed by atoms with Gasteiger partial charge in [0.1, 0.15) is 5.75 Å². The maximum atomic E-state index is 13.1. The molecule has 0 saturated carbocycles. The zero-order valence-corrected chi connectivity index (χ0v) is 13.8. The molecule has 1 aromatic carbocycles. The predicted octanol–water partition coefficient (Wildman–Crippen LogP) is 2.78. The molecule has 1 atom stereocenters. The lowest BCUT2D eigenvalue weighted by atomic mass is 9.95. The molecule has 0 radical (unpaired) electrons. The first-order valence-corrected chi connectivity index (χ1v) is 8.50. The predicted molar refractivity (Wildman–Crippen MR) is 92.4 cm³/mol. The van der Waals surface area contributed by atoms with Crippen molar-refractivity contribution in [2.75, 3.05) is 18.5 Å². The Hall–Kier alpha value is -2.89. The molecule has 4 rings (SSSR count). The van der Waals surface area contributed by atoms with Crippen molar-refractivity contribution in [2.24, 2.45) is 0 Å². The van der Waals surface area contributed by atoms with Crippen molar-refractivity contribution in [1.29, 1.82) is 0 Å². The van der Waals surface area contributed by atoms with Crippen LogP contribution >= 0.6 is 0 Å². The van der Waals surface area contributed by atoms with Crippen LogP contribution < -0.4 is 10.1 Å². The molecule has 6 heteroatoms. The number of nitrogens with zero attached hydrogens (tertiary/aromatic N) is 2. The number of aromatic nitrogens is 1. The van der Waals surface area contributed by atoms with Crippen molar-refractivity contribution < 1.29 is 14.3 Å². The molecule has 1 fully saturated rings. The number of nitrogens with one attached hydrogen (secondary N) is 1. The molecule has 2 aliphatic heterocycles. The number of piperidine rings is 1. The van der Waals surface area contributed by atoms with Crippen LogP contribution in [0.15, 0.2) is 42.7 Å². The van der Waals surface area contributed by atoms with Crippen LogP contribution in [0.3, 0.4) is 0 Å². The summed E-state index contributed by atoms with van der Waals surface area (Å²) >= 11 is 0. The second-order valence-corrected chi connectivity index (χ2v) is 6.34. The van der Waals surface area contributed by atoms with Gasteiger partial charge >= 0.3 is 0 Å². The van der Waals surface area contributed by atoms with E-state index in [1.807, 2.05) is 23.2 Å². The Bertz CT molecular complexity index is 807. The first-order valence-electron chi connectivity index (χ1n) is 8.50. The number of ether oxygens (including phenoxy) is 1. The van der Waals surface area contributed by atoms with Crippen molar-refractivity contribution in [3.63, 3.8) is 0 Å². The maximum Gasteiger partial charge on any atom is 0.262 e. The molecular formula is C19H19N3O3. The molecule has 1 saturated heterocycles. The van der Waals surface area contributed by atoms with Gasteiger partial charge in [0.15, 0.2) is 6.61 Å².